The summed E-state index contributed by atoms with van der Waals surface area (Å²) in [5.41, 5.74) is 4.76. The summed E-state index contributed by atoms with van der Waals surface area (Å²) in [5, 5.41) is 4.54. The normalized spacial score (nSPS) is 12.9. The first-order chi connectivity index (χ1) is 16.3. The molecule has 176 valence electrons. The lowest BCUT2D eigenvalue weighted by Gasteiger charge is -2.09. The van der Waals surface area contributed by atoms with Crippen LogP contribution in [0.2, 0.25) is 5.02 Å². The van der Waals surface area contributed by atoms with Crippen LogP contribution in [0.25, 0.3) is 0 Å². The predicted octanol–water partition coefficient (Wildman–Crippen LogP) is 4.61. The standard InChI is InChI=1S/C24H22ClN3O5S/c1-16(8-9-17-10-11-22-23(12-17)33-15-32-22)26-27-24(29)18-4-2-7-21(13-18)34(30,31)28-20-6-3-5-19(25)14-20/h2-7,10-14,28H,8-9,15H2,1H3,(H,27,29). The molecule has 0 bridgehead atoms. The SMILES string of the molecule is CC(CCc1ccc2c(c1)OCO2)=NNC(=O)c1cccc(S(=O)(=O)Nc2cccc(Cl)c2)c1. The molecule has 2 N–H and O–H groups in total. The molecule has 0 saturated carbocycles. The fourth-order valence-electron chi connectivity index (χ4n) is 3.26. The number of sulfonamides is 1. The van der Waals surface area contributed by atoms with Crippen molar-refractivity contribution in [2.75, 3.05) is 11.5 Å². The topological polar surface area (TPSA) is 106 Å². The Hall–Kier alpha value is -3.56. The fraction of sp³-hybridized carbons (Fsp3) is 0.167. The number of halogens is 1. The smallest absolute Gasteiger partial charge is 0.271 e. The molecular formula is C24H22ClN3O5S. The Kier molecular flexibility index (Phi) is 7.04. The molecular weight excluding hydrogens is 478 g/mol. The van der Waals surface area contributed by atoms with E-state index in [4.69, 9.17) is 21.1 Å². The van der Waals surface area contributed by atoms with Crippen molar-refractivity contribution in [1.29, 1.82) is 0 Å². The Bertz CT molecular complexity index is 1360. The van der Waals surface area contributed by atoms with Crippen molar-refractivity contribution < 1.29 is 22.7 Å². The van der Waals surface area contributed by atoms with Crippen molar-refractivity contribution >= 4 is 38.9 Å². The quantitative estimate of drug-likeness (QED) is 0.348. The summed E-state index contributed by atoms with van der Waals surface area (Å²) in [5.74, 6) is 0.940. The number of hydrazone groups is 1. The van der Waals surface area contributed by atoms with E-state index < -0.39 is 15.9 Å². The van der Waals surface area contributed by atoms with Gasteiger partial charge in [0.1, 0.15) is 0 Å². The first-order valence-electron chi connectivity index (χ1n) is 10.4. The molecule has 1 heterocycles. The van der Waals surface area contributed by atoms with Crippen molar-refractivity contribution in [2.24, 2.45) is 5.10 Å². The molecule has 1 amide bonds. The number of nitrogens with one attached hydrogen (secondary N) is 2. The lowest BCUT2D eigenvalue weighted by molar-refractivity contribution is 0.0954. The predicted molar refractivity (Wildman–Crippen MR) is 130 cm³/mol. The third-order valence-electron chi connectivity index (χ3n) is 5.04. The highest BCUT2D eigenvalue weighted by molar-refractivity contribution is 7.92. The fourth-order valence-corrected chi connectivity index (χ4v) is 4.54. The molecule has 3 aromatic carbocycles. The maximum absolute atomic E-state index is 12.7. The number of benzene rings is 3. The second-order valence-electron chi connectivity index (χ2n) is 7.62. The molecule has 0 aromatic heterocycles. The highest BCUT2D eigenvalue weighted by Gasteiger charge is 2.17. The van der Waals surface area contributed by atoms with E-state index >= 15 is 0 Å². The molecule has 0 radical (unpaired) electrons. The van der Waals surface area contributed by atoms with E-state index in [0.29, 0.717) is 23.6 Å². The van der Waals surface area contributed by atoms with Gasteiger partial charge in [0.05, 0.1) is 10.6 Å². The Morgan fingerprint density at radius 1 is 1.03 bits per heavy atom. The average molecular weight is 500 g/mol. The summed E-state index contributed by atoms with van der Waals surface area (Å²) in [4.78, 5) is 12.5. The summed E-state index contributed by atoms with van der Waals surface area (Å²) in [7, 11) is -3.90. The Morgan fingerprint density at radius 2 is 1.82 bits per heavy atom. The summed E-state index contributed by atoms with van der Waals surface area (Å²) in [6.07, 6.45) is 1.34. The zero-order chi connectivity index (χ0) is 24.1. The number of fused-ring (bicyclic) bond motifs is 1. The zero-order valence-corrected chi connectivity index (χ0v) is 19.8. The van der Waals surface area contributed by atoms with Crippen LogP contribution in [0.1, 0.15) is 29.3 Å². The monoisotopic (exact) mass is 499 g/mol. The molecule has 10 heteroatoms. The van der Waals surface area contributed by atoms with Crippen LogP contribution in [-0.4, -0.2) is 26.8 Å². The molecule has 1 aliphatic heterocycles. The van der Waals surface area contributed by atoms with E-state index in [0.717, 1.165) is 22.8 Å². The molecule has 0 atom stereocenters. The van der Waals surface area contributed by atoms with Gasteiger partial charge in [0.25, 0.3) is 15.9 Å². The van der Waals surface area contributed by atoms with Gasteiger partial charge in [0, 0.05) is 16.3 Å². The molecule has 3 aromatic rings. The van der Waals surface area contributed by atoms with E-state index in [1.807, 2.05) is 25.1 Å². The van der Waals surface area contributed by atoms with Crippen LogP contribution in [-0.2, 0) is 16.4 Å². The van der Waals surface area contributed by atoms with Crippen molar-refractivity contribution in [2.45, 2.75) is 24.7 Å². The number of carbonyl (C=O) groups excluding carboxylic acids is 1. The van der Waals surface area contributed by atoms with Crippen molar-refractivity contribution in [3.8, 4) is 11.5 Å². The van der Waals surface area contributed by atoms with Crippen LogP contribution < -0.4 is 19.6 Å². The van der Waals surface area contributed by atoms with Crippen molar-refractivity contribution in [1.82, 2.24) is 5.43 Å². The number of nitrogens with zero attached hydrogens (tertiary/aromatic N) is 1. The van der Waals surface area contributed by atoms with Gasteiger partial charge in [-0.1, -0.05) is 29.8 Å². The minimum atomic E-state index is -3.90. The van der Waals surface area contributed by atoms with Gasteiger partial charge >= 0.3 is 0 Å². The number of rotatable bonds is 8. The second-order valence-corrected chi connectivity index (χ2v) is 9.74. The number of amides is 1. The third kappa shape index (κ3) is 5.86. The zero-order valence-electron chi connectivity index (χ0n) is 18.2. The van der Waals surface area contributed by atoms with E-state index in [2.05, 4.69) is 15.2 Å². The molecule has 0 saturated heterocycles. The maximum atomic E-state index is 12.7. The Balaban J connectivity index is 1.37. The molecule has 34 heavy (non-hydrogen) atoms. The highest BCUT2D eigenvalue weighted by atomic mass is 35.5. The number of ether oxygens (including phenoxy) is 2. The van der Waals surface area contributed by atoms with Crippen LogP contribution in [0, 0.1) is 0 Å². The lowest BCUT2D eigenvalue weighted by Crippen LogP contribution is -2.20. The second kappa shape index (κ2) is 10.1. The third-order valence-corrected chi connectivity index (χ3v) is 6.66. The maximum Gasteiger partial charge on any atom is 0.271 e. The lowest BCUT2D eigenvalue weighted by atomic mass is 10.1. The number of carbonyl (C=O) groups is 1. The van der Waals surface area contributed by atoms with Gasteiger partial charge in [-0.3, -0.25) is 9.52 Å². The average Bonchev–Trinajstić information content (AvgIpc) is 3.29. The number of anilines is 1. The van der Waals surface area contributed by atoms with Gasteiger partial charge in [-0.05, 0) is 73.9 Å². The minimum absolute atomic E-state index is 0.0522. The van der Waals surface area contributed by atoms with Crippen LogP contribution in [0.4, 0.5) is 5.69 Å². The van der Waals surface area contributed by atoms with Gasteiger partial charge in [-0.25, -0.2) is 13.8 Å². The highest BCUT2D eigenvalue weighted by Crippen LogP contribution is 2.32. The van der Waals surface area contributed by atoms with E-state index in [1.165, 1.54) is 30.3 Å². The van der Waals surface area contributed by atoms with Crippen LogP contribution in [0.15, 0.2) is 76.7 Å². The van der Waals surface area contributed by atoms with E-state index in [9.17, 15) is 13.2 Å². The molecule has 0 spiro atoms. The van der Waals surface area contributed by atoms with Gasteiger partial charge in [-0.2, -0.15) is 5.10 Å². The number of hydrogen-bond acceptors (Lipinski definition) is 6. The van der Waals surface area contributed by atoms with E-state index in [1.54, 1.807) is 18.2 Å². The van der Waals surface area contributed by atoms with E-state index in [-0.39, 0.29) is 17.3 Å². The molecule has 0 unspecified atom stereocenters. The first-order valence-corrected chi connectivity index (χ1v) is 12.3. The van der Waals surface area contributed by atoms with Gasteiger partial charge in [0.15, 0.2) is 11.5 Å². The van der Waals surface area contributed by atoms with Crippen LogP contribution >= 0.6 is 11.6 Å². The largest absolute Gasteiger partial charge is 0.454 e. The Morgan fingerprint density at radius 3 is 2.65 bits per heavy atom. The molecule has 0 fully saturated rings. The first kappa shape index (κ1) is 23.6. The number of aryl methyl sites for hydroxylation is 1. The number of hydrogen-bond donors (Lipinski definition) is 2. The summed E-state index contributed by atoms with van der Waals surface area (Å²) >= 11 is 5.92. The molecule has 0 aliphatic carbocycles. The minimum Gasteiger partial charge on any atom is -0.454 e. The van der Waals surface area contributed by atoms with Crippen LogP contribution in [0.3, 0.4) is 0 Å². The van der Waals surface area contributed by atoms with Crippen molar-refractivity contribution in [3.63, 3.8) is 0 Å². The summed E-state index contributed by atoms with van der Waals surface area (Å²) < 4.78 is 38.6. The summed E-state index contributed by atoms with van der Waals surface area (Å²) in [6.45, 7) is 2.04. The molecule has 4 rings (SSSR count). The van der Waals surface area contributed by atoms with Crippen molar-refractivity contribution in [3.05, 3.63) is 82.9 Å². The molecule has 8 nitrogen and oxygen atoms in total. The van der Waals surface area contributed by atoms with Crippen LogP contribution in [0.5, 0.6) is 11.5 Å². The molecule has 1 aliphatic rings. The van der Waals surface area contributed by atoms with Gasteiger partial charge in [0.2, 0.25) is 6.79 Å². The van der Waals surface area contributed by atoms with Gasteiger partial charge < -0.3 is 9.47 Å². The Labute approximate surface area is 202 Å². The van der Waals surface area contributed by atoms with Gasteiger partial charge in [-0.15, -0.1) is 0 Å². The summed E-state index contributed by atoms with van der Waals surface area (Å²) in [6, 6.07) is 17.8.